The molecule has 0 bridgehead atoms. The van der Waals surface area contributed by atoms with Gasteiger partial charge in [0.2, 0.25) is 0 Å². The summed E-state index contributed by atoms with van der Waals surface area (Å²) in [6, 6.07) is 9.82. The van der Waals surface area contributed by atoms with Crippen LogP contribution in [0.25, 0.3) is 0 Å². The Hall–Kier alpha value is -2.24. The molecule has 0 aliphatic carbocycles. The van der Waals surface area contributed by atoms with E-state index in [9.17, 15) is 9.59 Å². The van der Waals surface area contributed by atoms with E-state index >= 15 is 0 Å². The zero-order chi connectivity index (χ0) is 18.3. The Balaban J connectivity index is 2.10. The van der Waals surface area contributed by atoms with Gasteiger partial charge in [-0.05, 0) is 40.2 Å². The van der Waals surface area contributed by atoms with Crippen LogP contribution in [0, 0.1) is 5.92 Å². The van der Waals surface area contributed by atoms with Gasteiger partial charge >= 0.3 is 12.1 Å². The van der Waals surface area contributed by atoms with E-state index < -0.39 is 0 Å². The van der Waals surface area contributed by atoms with Crippen LogP contribution in [0.2, 0.25) is 0 Å². The zero-order valence-electron chi connectivity index (χ0n) is 15.6. The normalized spacial score (nSPS) is 29.6. The number of benzene rings is 1. The molecule has 0 saturated carbocycles. The van der Waals surface area contributed by atoms with Crippen molar-refractivity contribution in [1.82, 2.24) is 20.4 Å². The van der Waals surface area contributed by atoms with Gasteiger partial charge in [-0.25, -0.2) is 9.59 Å². The molecule has 6 nitrogen and oxygen atoms in total. The second-order valence-corrected chi connectivity index (χ2v) is 7.57. The van der Waals surface area contributed by atoms with E-state index in [4.69, 9.17) is 0 Å². The number of fused-ring (bicyclic) bond motifs is 1. The van der Waals surface area contributed by atoms with Crippen LogP contribution in [0.5, 0.6) is 0 Å². The highest BCUT2D eigenvalue weighted by molar-refractivity contribution is 5.81. The van der Waals surface area contributed by atoms with Gasteiger partial charge in [0.25, 0.3) is 0 Å². The van der Waals surface area contributed by atoms with Gasteiger partial charge in [0.1, 0.15) is 6.17 Å². The molecule has 2 saturated heterocycles. The topological polar surface area (TPSA) is 64.7 Å². The molecular weight excluding hydrogens is 316 g/mol. The molecule has 2 heterocycles. The molecule has 136 valence electrons. The van der Waals surface area contributed by atoms with E-state index in [-0.39, 0.29) is 48.3 Å². The van der Waals surface area contributed by atoms with Crippen LogP contribution in [0.4, 0.5) is 9.59 Å². The van der Waals surface area contributed by atoms with E-state index in [0.717, 1.165) is 5.56 Å². The van der Waals surface area contributed by atoms with E-state index in [1.165, 1.54) is 0 Å². The summed E-state index contributed by atoms with van der Waals surface area (Å²) in [4.78, 5) is 29.1. The van der Waals surface area contributed by atoms with Crippen molar-refractivity contribution >= 4 is 12.1 Å². The molecule has 2 N–H and O–H groups in total. The summed E-state index contributed by atoms with van der Waals surface area (Å²) < 4.78 is 0. The third-order valence-electron chi connectivity index (χ3n) is 5.25. The van der Waals surface area contributed by atoms with Gasteiger partial charge in [-0.15, -0.1) is 0 Å². The summed E-state index contributed by atoms with van der Waals surface area (Å²) >= 11 is 0. The monoisotopic (exact) mass is 344 g/mol. The highest BCUT2D eigenvalue weighted by atomic mass is 16.2. The molecule has 3 rings (SSSR count). The number of urea groups is 2. The molecule has 25 heavy (non-hydrogen) atoms. The Labute approximate surface area is 149 Å². The Morgan fingerprint density at radius 3 is 2.00 bits per heavy atom. The average molecular weight is 344 g/mol. The predicted octanol–water partition coefficient (Wildman–Crippen LogP) is 2.93. The van der Waals surface area contributed by atoms with Crippen molar-refractivity contribution in [3.05, 3.63) is 35.9 Å². The fourth-order valence-corrected chi connectivity index (χ4v) is 4.22. The van der Waals surface area contributed by atoms with Crippen molar-refractivity contribution in [2.45, 2.75) is 65.0 Å². The zero-order valence-corrected chi connectivity index (χ0v) is 15.6. The maximum absolute atomic E-state index is 12.9. The first kappa shape index (κ1) is 17.6. The Morgan fingerprint density at radius 1 is 0.880 bits per heavy atom. The van der Waals surface area contributed by atoms with Crippen LogP contribution in [-0.2, 0) is 0 Å². The van der Waals surface area contributed by atoms with Gasteiger partial charge in [-0.3, -0.25) is 0 Å². The third kappa shape index (κ3) is 2.94. The molecule has 6 heteroatoms. The number of carbonyl (C=O) groups excluding carboxylic acids is 2. The summed E-state index contributed by atoms with van der Waals surface area (Å²) in [5.74, 6) is 0.0580. The molecule has 0 radical (unpaired) electrons. The van der Waals surface area contributed by atoms with E-state index in [0.29, 0.717) is 0 Å². The second-order valence-electron chi connectivity index (χ2n) is 7.57. The van der Waals surface area contributed by atoms with Crippen LogP contribution < -0.4 is 10.6 Å². The maximum Gasteiger partial charge on any atom is 0.319 e. The van der Waals surface area contributed by atoms with Crippen LogP contribution in [0.1, 0.15) is 46.2 Å². The van der Waals surface area contributed by atoms with E-state index in [2.05, 4.69) is 22.8 Å². The Kier molecular flexibility index (Phi) is 4.62. The predicted molar refractivity (Wildman–Crippen MR) is 96.9 cm³/mol. The van der Waals surface area contributed by atoms with Crippen molar-refractivity contribution in [3.63, 3.8) is 0 Å². The highest BCUT2D eigenvalue weighted by Crippen LogP contribution is 2.40. The molecule has 2 aliphatic rings. The second kappa shape index (κ2) is 6.58. The smallest absolute Gasteiger partial charge is 0.319 e. The molecule has 0 aromatic heterocycles. The van der Waals surface area contributed by atoms with Crippen molar-refractivity contribution in [2.75, 3.05) is 0 Å². The summed E-state index contributed by atoms with van der Waals surface area (Å²) in [6.45, 7) is 10.0. The van der Waals surface area contributed by atoms with Crippen molar-refractivity contribution < 1.29 is 9.59 Å². The van der Waals surface area contributed by atoms with Gasteiger partial charge in [-0.2, -0.15) is 0 Å². The number of rotatable bonds is 3. The molecule has 1 aromatic carbocycles. The number of nitrogens with zero attached hydrogens (tertiary/aromatic N) is 2. The minimum absolute atomic E-state index is 0.00215. The maximum atomic E-state index is 12.9. The molecule has 2 fully saturated rings. The Morgan fingerprint density at radius 2 is 1.44 bits per heavy atom. The molecule has 1 aromatic rings. The summed E-state index contributed by atoms with van der Waals surface area (Å²) in [6.07, 6.45) is -0.309. The molecule has 0 spiro atoms. The van der Waals surface area contributed by atoms with Crippen molar-refractivity contribution in [2.24, 2.45) is 5.92 Å². The summed E-state index contributed by atoms with van der Waals surface area (Å²) in [5.41, 5.74) is 1.10. The van der Waals surface area contributed by atoms with Crippen LogP contribution in [0.3, 0.4) is 0 Å². The fraction of sp³-hybridized carbons (Fsp3) is 0.579. The van der Waals surface area contributed by atoms with Gasteiger partial charge in [0, 0.05) is 24.0 Å². The lowest BCUT2D eigenvalue weighted by Crippen LogP contribution is -2.74. The quantitative estimate of drug-likeness (QED) is 0.885. The number of hydrogen-bond donors (Lipinski definition) is 2. The van der Waals surface area contributed by atoms with Gasteiger partial charge in [0.05, 0.1) is 6.04 Å². The first-order valence-corrected chi connectivity index (χ1v) is 9.05. The minimum Gasteiger partial charge on any atom is -0.335 e. The largest absolute Gasteiger partial charge is 0.335 e. The third-order valence-corrected chi connectivity index (χ3v) is 5.25. The summed E-state index contributed by atoms with van der Waals surface area (Å²) in [5, 5.41) is 6.19. The van der Waals surface area contributed by atoms with E-state index in [1.807, 2.05) is 57.7 Å². The number of carbonyl (C=O) groups is 2. The standard InChI is InChI=1S/C19H28N4O2/c1-11(2)22-16(14-9-7-6-8-10-14)15-13(5)20-18(24)23(12(3)4)17(15)21-19(22)25/h6-13,15-17H,1-5H3,(H,20,24)(H,21,25)/t13-,15+,16-,17-/m0/s1. The van der Waals surface area contributed by atoms with Crippen molar-refractivity contribution in [3.8, 4) is 0 Å². The van der Waals surface area contributed by atoms with Crippen LogP contribution in [0.15, 0.2) is 30.3 Å². The van der Waals surface area contributed by atoms with Gasteiger partial charge in [-0.1, -0.05) is 30.3 Å². The lowest BCUT2D eigenvalue weighted by molar-refractivity contribution is -0.0116. The molecule has 4 atom stereocenters. The summed E-state index contributed by atoms with van der Waals surface area (Å²) in [7, 11) is 0. The Bertz CT molecular complexity index is 646. The minimum atomic E-state index is -0.309. The molecular formula is C19H28N4O2. The number of amides is 4. The fourth-order valence-electron chi connectivity index (χ4n) is 4.22. The van der Waals surface area contributed by atoms with Gasteiger partial charge in [0.15, 0.2) is 0 Å². The number of nitrogens with one attached hydrogen (secondary N) is 2. The first-order valence-electron chi connectivity index (χ1n) is 9.05. The SMILES string of the molecule is CC(C)N1C(=O)N[C@@H](C)[C@H]2[C@H]1NC(=O)N(C(C)C)[C@H]2c1ccccc1. The highest BCUT2D eigenvalue weighted by Gasteiger charge is 2.52. The lowest BCUT2D eigenvalue weighted by atomic mass is 9.80. The molecule has 0 unspecified atom stereocenters. The molecule has 4 amide bonds. The first-order chi connectivity index (χ1) is 11.8. The van der Waals surface area contributed by atoms with Crippen molar-refractivity contribution in [1.29, 1.82) is 0 Å². The van der Waals surface area contributed by atoms with Gasteiger partial charge < -0.3 is 20.4 Å². The lowest BCUT2D eigenvalue weighted by Gasteiger charge is -2.55. The van der Waals surface area contributed by atoms with Crippen LogP contribution >= 0.6 is 0 Å². The number of hydrogen-bond acceptors (Lipinski definition) is 2. The van der Waals surface area contributed by atoms with E-state index in [1.54, 1.807) is 4.90 Å². The molecule has 2 aliphatic heterocycles. The average Bonchev–Trinajstić information content (AvgIpc) is 2.53. The van der Waals surface area contributed by atoms with Crippen LogP contribution in [-0.4, -0.2) is 46.2 Å².